The third-order valence-corrected chi connectivity index (χ3v) is 3.69. The minimum atomic E-state index is -0.268. The molecule has 0 heterocycles. The van der Waals surface area contributed by atoms with E-state index in [0.717, 1.165) is 11.1 Å². The zero-order chi connectivity index (χ0) is 19.6. The Morgan fingerprint density at radius 1 is 0.926 bits per heavy atom. The van der Waals surface area contributed by atoms with E-state index in [9.17, 15) is 4.79 Å². The van der Waals surface area contributed by atoms with Crippen molar-refractivity contribution < 1.29 is 28.5 Å². The second-order valence-electron chi connectivity index (χ2n) is 5.71. The van der Waals surface area contributed by atoms with E-state index in [0.29, 0.717) is 17.2 Å². The summed E-state index contributed by atoms with van der Waals surface area (Å²) in [5.41, 5.74) is 2.34. The average molecular weight is 372 g/mol. The quantitative estimate of drug-likeness (QED) is 0.358. The fraction of sp³-hybridized carbons (Fsp3) is 0.286. The van der Waals surface area contributed by atoms with Crippen LogP contribution < -0.4 is 14.2 Å². The Balaban J connectivity index is 2.39. The van der Waals surface area contributed by atoms with Gasteiger partial charge in [-0.1, -0.05) is 35.9 Å². The van der Waals surface area contributed by atoms with Gasteiger partial charge < -0.3 is 23.7 Å². The number of hydrogen-bond acceptors (Lipinski definition) is 6. The third-order valence-electron chi connectivity index (χ3n) is 3.69. The second kappa shape index (κ2) is 10.4. The molecule has 0 saturated heterocycles. The highest BCUT2D eigenvalue weighted by Gasteiger charge is 2.20. The fourth-order valence-corrected chi connectivity index (χ4v) is 2.33. The molecule has 2 rings (SSSR count). The van der Waals surface area contributed by atoms with E-state index in [1.54, 1.807) is 18.2 Å². The van der Waals surface area contributed by atoms with E-state index in [2.05, 4.69) is 0 Å². The highest BCUT2D eigenvalue weighted by molar-refractivity contribution is 6.10. The van der Waals surface area contributed by atoms with Crippen LogP contribution in [-0.2, 0) is 9.47 Å². The second-order valence-corrected chi connectivity index (χ2v) is 5.71. The largest absolute Gasteiger partial charge is 0.496 e. The van der Waals surface area contributed by atoms with Gasteiger partial charge in [0.15, 0.2) is 19.4 Å². The molecule has 0 atom stereocenters. The summed E-state index contributed by atoms with van der Waals surface area (Å²) in [7, 11) is 4.52. The Bertz CT molecular complexity index is 751. The molecule has 0 saturated carbocycles. The van der Waals surface area contributed by atoms with Gasteiger partial charge in [0.1, 0.15) is 22.8 Å². The summed E-state index contributed by atoms with van der Waals surface area (Å²) in [6.45, 7) is 1.98. The summed E-state index contributed by atoms with van der Waals surface area (Å²) in [5.74, 6) is 0.837. The number of benzene rings is 2. The Kier molecular flexibility index (Phi) is 7.85. The molecule has 144 valence electrons. The number of ether oxygens (including phenoxy) is 5. The first-order chi connectivity index (χ1) is 13.1. The number of methoxy groups -OCH3 is 3. The summed E-state index contributed by atoms with van der Waals surface area (Å²) in [4.78, 5) is 12.9. The number of hydrogen-bond donors (Lipinski definition) is 0. The first-order valence-corrected chi connectivity index (χ1v) is 8.33. The van der Waals surface area contributed by atoms with Crippen molar-refractivity contribution in [2.75, 3.05) is 34.9 Å². The molecule has 6 nitrogen and oxygen atoms in total. The Labute approximate surface area is 159 Å². The van der Waals surface area contributed by atoms with Crippen molar-refractivity contribution >= 4 is 11.9 Å². The van der Waals surface area contributed by atoms with Gasteiger partial charge >= 0.3 is 0 Å². The van der Waals surface area contributed by atoms with E-state index in [1.165, 1.54) is 27.4 Å². The maximum atomic E-state index is 12.9. The smallest absolute Gasteiger partial charge is 0.193 e. The number of carbonyl (C=O) groups is 1. The first kappa shape index (κ1) is 20.5. The van der Waals surface area contributed by atoms with Crippen LogP contribution in [0.5, 0.6) is 17.2 Å². The Morgan fingerprint density at radius 3 is 1.96 bits per heavy atom. The van der Waals surface area contributed by atoms with E-state index in [4.69, 9.17) is 23.7 Å². The van der Waals surface area contributed by atoms with Crippen molar-refractivity contribution in [1.29, 1.82) is 0 Å². The van der Waals surface area contributed by atoms with E-state index >= 15 is 0 Å². The third kappa shape index (κ3) is 5.84. The van der Waals surface area contributed by atoms with Crippen LogP contribution in [0, 0.1) is 6.92 Å². The lowest BCUT2D eigenvalue weighted by atomic mass is 10.1. The van der Waals surface area contributed by atoms with E-state index in [1.807, 2.05) is 31.2 Å². The normalized spacial score (nSPS) is 10.8. The van der Waals surface area contributed by atoms with Crippen molar-refractivity contribution in [1.82, 2.24) is 0 Å². The molecule has 0 aliphatic heterocycles. The van der Waals surface area contributed by atoms with E-state index < -0.39 is 0 Å². The first-order valence-electron chi connectivity index (χ1n) is 8.33. The molecular formula is C21H24O6. The lowest BCUT2D eigenvalue weighted by molar-refractivity contribution is 0.0444. The molecule has 0 aromatic heterocycles. The molecule has 0 aliphatic carbocycles. The molecule has 0 radical (unpaired) electrons. The maximum absolute atomic E-state index is 12.9. The van der Waals surface area contributed by atoms with Crippen molar-refractivity contribution in [3.8, 4) is 17.2 Å². The van der Waals surface area contributed by atoms with E-state index in [-0.39, 0.29) is 24.9 Å². The Morgan fingerprint density at radius 2 is 1.48 bits per heavy atom. The SMILES string of the molecule is COCOc1cc(OC)cc(OCOC)c1C(=O)/C=C/c1ccc(C)cc1. The molecule has 0 amide bonds. The maximum Gasteiger partial charge on any atom is 0.193 e. The van der Waals surface area contributed by atoms with Crippen LogP contribution in [0.2, 0.25) is 0 Å². The number of carbonyl (C=O) groups excluding carboxylic acids is 1. The van der Waals surface area contributed by atoms with Crippen LogP contribution in [0.3, 0.4) is 0 Å². The number of allylic oxidation sites excluding steroid dienone is 1. The molecule has 0 N–H and O–H groups in total. The average Bonchev–Trinajstić information content (AvgIpc) is 2.69. The monoisotopic (exact) mass is 372 g/mol. The highest BCUT2D eigenvalue weighted by Crippen LogP contribution is 2.35. The minimum absolute atomic E-state index is 0.0150. The van der Waals surface area contributed by atoms with Gasteiger partial charge in [-0.2, -0.15) is 0 Å². The molecule has 0 spiro atoms. The zero-order valence-electron chi connectivity index (χ0n) is 16.0. The topological polar surface area (TPSA) is 63.2 Å². The van der Waals surface area contributed by atoms with Gasteiger partial charge in [0.2, 0.25) is 0 Å². The van der Waals surface area contributed by atoms with Crippen LogP contribution in [-0.4, -0.2) is 40.7 Å². The van der Waals surface area contributed by atoms with Gasteiger partial charge in [-0.05, 0) is 18.6 Å². The predicted molar refractivity (Wildman–Crippen MR) is 103 cm³/mol. The molecule has 0 bridgehead atoms. The highest BCUT2D eigenvalue weighted by atomic mass is 16.7. The lowest BCUT2D eigenvalue weighted by Gasteiger charge is -2.15. The zero-order valence-corrected chi connectivity index (χ0v) is 16.0. The standard InChI is InChI=1S/C21H24O6/c1-15-5-7-16(8-6-15)9-10-18(22)21-19(26-13-23-2)11-17(25-4)12-20(21)27-14-24-3/h5-12H,13-14H2,1-4H3/b10-9+. The van der Waals surface area contributed by atoms with Crippen LogP contribution in [0.25, 0.3) is 6.08 Å². The van der Waals surface area contributed by atoms with Crippen molar-refractivity contribution in [3.05, 3.63) is 59.2 Å². The van der Waals surface area contributed by atoms with Gasteiger partial charge in [0, 0.05) is 26.4 Å². The van der Waals surface area contributed by atoms with Crippen LogP contribution in [0.1, 0.15) is 21.5 Å². The molecule has 0 aliphatic rings. The van der Waals surface area contributed by atoms with Crippen molar-refractivity contribution in [2.45, 2.75) is 6.92 Å². The molecule has 27 heavy (non-hydrogen) atoms. The summed E-state index contributed by atoms with van der Waals surface area (Å²) >= 11 is 0. The fourth-order valence-electron chi connectivity index (χ4n) is 2.33. The van der Waals surface area contributed by atoms with Crippen molar-refractivity contribution in [2.24, 2.45) is 0 Å². The predicted octanol–water partition coefficient (Wildman–Crippen LogP) is 3.87. The summed E-state index contributed by atoms with van der Waals surface area (Å²) in [5, 5.41) is 0. The van der Waals surface area contributed by atoms with Crippen LogP contribution in [0.15, 0.2) is 42.5 Å². The number of aryl methyl sites for hydroxylation is 1. The molecular weight excluding hydrogens is 348 g/mol. The number of ketones is 1. The minimum Gasteiger partial charge on any atom is -0.496 e. The van der Waals surface area contributed by atoms with Crippen molar-refractivity contribution in [3.63, 3.8) is 0 Å². The van der Waals surface area contributed by atoms with Crippen LogP contribution >= 0.6 is 0 Å². The lowest BCUT2D eigenvalue weighted by Crippen LogP contribution is -2.09. The molecule has 2 aromatic carbocycles. The summed E-state index contributed by atoms with van der Waals surface area (Å²) in [6.07, 6.45) is 3.22. The molecule has 2 aromatic rings. The Hall–Kier alpha value is -2.83. The molecule has 0 unspecified atom stereocenters. The van der Waals surface area contributed by atoms with Gasteiger partial charge in [-0.25, -0.2) is 0 Å². The molecule has 0 fully saturated rings. The molecule has 6 heteroatoms. The number of rotatable bonds is 10. The van der Waals surface area contributed by atoms with Gasteiger partial charge in [0.25, 0.3) is 0 Å². The summed E-state index contributed by atoms with van der Waals surface area (Å²) in [6, 6.07) is 11.1. The van der Waals surface area contributed by atoms with Gasteiger partial charge in [-0.15, -0.1) is 0 Å². The van der Waals surface area contributed by atoms with Gasteiger partial charge in [0.05, 0.1) is 7.11 Å². The summed E-state index contributed by atoms with van der Waals surface area (Å²) < 4.78 is 26.3. The van der Waals surface area contributed by atoms with Gasteiger partial charge in [-0.3, -0.25) is 4.79 Å². The van der Waals surface area contributed by atoms with Crippen LogP contribution in [0.4, 0.5) is 0 Å².